The van der Waals surface area contributed by atoms with Gasteiger partial charge in [-0.25, -0.2) is 18.2 Å². The molecule has 0 saturated carbocycles. The first-order valence-electron chi connectivity index (χ1n) is 10.7. The number of hydrogen-bond acceptors (Lipinski definition) is 5. The Morgan fingerprint density at radius 3 is 2.50 bits per heavy atom. The highest BCUT2D eigenvalue weighted by molar-refractivity contribution is 5.93. The van der Waals surface area contributed by atoms with Gasteiger partial charge in [-0.1, -0.05) is 0 Å². The zero-order chi connectivity index (χ0) is 24.3. The van der Waals surface area contributed by atoms with Gasteiger partial charge in [-0.05, 0) is 48.9 Å². The molecule has 0 aliphatic carbocycles. The maximum Gasteiger partial charge on any atom is 0.257 e. The summed E-state index contributed by atoms with van der Waals surface area (Å²) in [6.07, 6.45) is 3.40. The molecule has 10 heteroatoms. The van der Waals surface area contributed by atoms with Crippen LogP contribution >= 0.6 is 0 Å². The fourth-order valence-corrected chi connectivity index (χ4v) is 3.83. The summed E-state index contributed by atoms with van der Waals surface area (Å²) in [4.78, 5) is 18.6. The number of nitrogens with one attached hydrogen (secondary N) is 1. The highest BCUT2D eigenvalue weighted by Crippen LogP contribution is 2.40. The first-order valence-corrected chi connectivity index (χ1v) is 10.7. The molecule has 2 aromatic heterocycles. The minimum atomic E-state index is -2.94. The van der Waals surface area contributed by atoms with Crippen LogP contribution in [0.4, 0.5) is 19.0 Å². The van der Waals surface area contributed by atoms with E-state index in [1.54, 1.807) is 24.0 Å². The van der Waals surface area contributed by atoms with Crippen LogP contribution in [0, 0.1) is 11.0 Å². The first-order chi connectivity index (χ1) is 16.2. The predicted molar refractivity (Wildman–Crippen MR) is 118 cm³/mol. The molecule has 2 atom stereocenters. The minimum Gasteiger partial charge on any atom is -0.619 e. The van der Waals surface area contributed by atoms with Crippen molar-refractivity contribution in [2.24, 2.45) is 0 Å². The molecule has 178 valence electrons. The highest BCUT2D eigenvalue weighted by atomic mass is 19.3. The third kappa shape index (κ3) is 5.45. The SMILES string of the molecule is CC(C(=O)Nc1ccc(Oc2ccc(F)cc2)cn1)N1CCC(F)(F)[C@@H](c2cc[n+]([O-])cc2)C1. The van der Waals surface area contributed by atoms with Crippen LogP contribution in [-0.4, -0.2) is 40.8 Å². The second-order valence-electron chi connectivity index (χ2n) is 8.15. The molecule has 1 amide bonds. The second-order valence-corrected chi connectivity index (χ2v) is 8.15. The van der Waals surface area contributed by atoms with E-state index in [0.717, 1.165) is 0 Å². The van der Waals surface area contributed by atoms with Crippen molar-refractivity contribution in [1.29, 1.82) is 0 Å². The summed E-state index contributed by atoms with van der Waals surface area (Å²) in [6, 6.07) is 10.8. The Labute approximate surface area is 194 Å². The number of likely N-dealkylation sites (tertiary alicyclic amines) is 1. The number of anilines is 1. The molecule has 1 aromatic carbocycles. The van der Waals surface area contributed by atoms with E-state index < -0.39 is 24.3 Å². The second kappa shape index (κ2) is 9.68. The lowest BCUT2D eigenvalue weighted by Crippen LogP contribution is -2.52. The molecule has 3 heterocycles. The molecule has 3 aromatic rings. The van der Waals surface area contributed by atoms with Crippen molar-refractivity contribution in [1.82, 2.24) is 9.88 Å². The summed E-state index contributed by atoms with van der Waals surface area (Å²) < 4.78 is 48.3. The minimum absolute atomic E-state index is 0.0255. The van der Waals surface area contributed by atoms with E-state index in [-0.39, 0.29) is 30.6 Å². The molecule has 1 saturated heterocycles. The van der Waals surface area contributed by atoms with Crippen molar-refractivity contribution in [3.05, 3.63) is 83.7 Å². The largest absolute Gasteiger partial charge is 0.619 e. The predicted octanol–water partition coefficient (Wildman–Crippen LogP) is 4.10. The van der Waals surface area contributed by atoms with Crippen molar-refractivity contribution in [3.8, 4) is 11.5 Å². The van der Waals surface area contributed by atoms with Gasteiger partial charge in [0.1, 0.15) is 23.1 Å². The van der Waals surface area contributed by atoms with Crippen molar-refractivity contribution in [3.63, 3.8) is 0 Å². The van der Waals surface area contributed by atoms with Crippen LogP contribution in [0.1, 0.15) is 24.8 Å². The number of alkyl halides is 2. The number of rotatable bonds is 6. The van der Waals surface area contributed by atoms with Crippen molar-refractivity contribution in [2.45, 2.75) is 31.2 Å². The summed E-state index contributed by atoms with van der Waals surface area (Å²) in [5.74, 6) is -3.70. The number of carbonyl (C=O) groups excluding carboxylic acids is 1. The zero-order valence-electron chi connectivity index (χ0n) is 18.3. The number of piperidine rings is 1. The topological polar surface area (TPSA) is 81.4 Å². The molecule has 0 spiro atoms. The highest BCUT2D eigenvalue weighted by Gasteiger charge is 2.46. The molecule has 1 fully saturated rings. The van der Waals surface area contributed by atoms with Gasteiger partial charge >= 0.3 is 0 Å². The number of carbonyl (C=O) groups is 1. The molecule has 0 bridgehead atoms. The smallest absolute Gasteiger partial charge is 0.257 e. The average molecular weight is 472 g/mol. The van der Waals surface area contributed by atoms with Crippen LogP contribution in [0.3, 0.4) is 0 Å². The van der Waals surface area contributed by atoms with Crippen LogP contribution < -0.4 is 14.8 Å². The van der Waals surface area contributed by atoms with Gasteiger partial charge in [0.2, 0.25) is 5.91 Å². The maximum absolute atomic E-state index is 14.6. The van der Waals surface area contributed by atoms with Crippen LogP contribution in [0.2, 0.25) is 0 Å². The molecule has 4 rings (SSSR count). The molecule has 1 unspecified atom stereocenters. The van der Waals surface area contributed by atoms with Gasteiger partial charge in [0.15, 0.2) is 12.4 Å². The Balaban J connectivity index is 1.38. The number of hydrogen-bond donors (Lipinski definition) is 1. The molecular formula is C24H23F3N4O3. The quantitative estimate of drug-likeness (QED) is 0.432. The fraction of sp³-hybridized carbons (Fsp3) is 0.292. The van der Waals surface area contributed by atoms with E-state index >= 15 is 0 Å². The van der Waals surface area contributed by atoms with Gasteiger partial charge in [-0.3, -0.25) is 9.69 Å². The summed E-state index contributed by atoms with van der Waals surface area (Å²) >= 11 is 0. The Kier molecular flexibility index (Phi) is 6.69. The molecule has 1 aliphatic heterocycles. The number of benzene rings is 1. The van der Waals surface area contributed by atoms with E-state index in [9.17, 15) is 23.2 Å². The van der Waals surface area contributed by atoms with Crippen LogP contribution in [0.15, 0.2) is 67.1 Å². The molecule has 34 heavy (non-hydrogen) atoms. The third-order valence-electron chi connectivity index (χ3n) is 5.85. The number of aromatic nitrogens is 2. The number of pyridine rings is 2. The molecule has 1 N–H and O–H groups in total. The molecular weight excluding hydrogens is 449 g/mol. The lowest BCUT2D eigenvalue weighted by atomic mass is 9.87. The average Bonchev–Trinajstić information content (AvgIpc) is 2.82. The molecule has 1 aliphatic rings. The monoisotopic (exact) mass is 472 g/mol. The first kappa shape index (κ1) is 23.5. The van der Waals surface area contributed by atoms with E-state index in [1.165, 1.54) is 55.0 Å². The Hall–Kier alpha value is -3.66. The summed E-state index contributed by atoms with van der Waals surface area (Å²) in [6.45, 7) is 1.69. The number of amides is 1. The van der Waals surface area contributed by atoms with Crippen molar-refractivity contribution in [2.75, 3.05) is 18.4 Å². The number of halogens is 3. The third-order valence-corrected chi connectivity index (χ3v) is 5.85. The Morgan fingerprint density at radius 2 is 1.85 bits per heavy atom. The standard InChI is InChI=1S/C24H23F3N4O3/c1-16(30-13-10-24(26,27)21(15-30)17-8-11-31(33)12-9-17)23(32)29-22-7-6-20(14-28-22)34-19-4-2-18(25)3-5-19/h2-9,11-12,14,16,21H,10,13,15H2,1H3,(H,28,29,32)/t16?,21-/m1/s1. The number of ether oxygens (including phenoxy) is 1. The molecule has 0 radical (unpaired) electrons. The summed E-state index contributed by atoms with van der Waals surface area (Å²) in [5.41, 5.74) is 0.354. The summed E-state index contributed by atoms with van der Waals surface area (Å²) in [5, 5.41) is 14.0. The lowest BCUT2D eigenvalue weighted by molar-refractivity contribution is -0.605. The van der Waals surface area contributed by atoms with Gasteiger partial charge in [0, 0.05) is 31.6 Å². The molecule has 7 nitrogen and oxygen atoms in total. The number of nitrogens with zero attached hydrogens (tertiary/aromatic N) is 3. The van der Waals surface area contributed by atoms with Gasteiger partial charge in [0.05, 0.1) is 18.2 Å². The van der Waals surface area contributed by atoms with E-state index in [0.29, 0.717) is 21.8 Å². The zero-order valence-corrected chi connectivity index (χ0v) is 18.3. The van der Waals surface area contributed by atoms with Crippen LogP contribution in [-0.2, 0) is 4.79 Å². The van der Waals surface area contributed by atoms with E-state index in [1.807, 2.05) is 0 Å². The fourth-order valence-electron chi connectivity index (χ4n) is 3.83. The van der Waals surface area contributed by atoms with Gasteiger partial charge in [-0.2, -0.15) is 4.73 Å². The van der Waals surface area contributed by atoms with Gasteiger partial charge < -0.3 is 15.3 Å². The maximum atomic E-state index is 14.6. The van der Waals surface area contributed by atoms with Crippen molar-refractivity contribution < 1.29 is 27.4 Å². The van der Waals surface area contributed by atoms with Gasteiger partial charge in [-0.15, -0.1) is 0 Å². The summed E-state index contributed by atoms with van der Waals surface area (Å²) in [7, 11) is 0. The lowest BCUT2D eigenvalue weighted by Gasteiger charge is -2.40. The van der Waals surface area contributed by atoms with Crippen LogP contribution in [0.25, 0.3) is 0 Å². The van der Waals surface area contributed by atoms with Crippen LogP contribution in [0.5, 0.6) is 11.5 Å². The van der Waals surface area contributed by atoms with E-state index in [4.69, 9.17) is 4.74 Å². The normalized spacial score (nSPS) is 18.8. The van der Waals surface area contributed by atoms with Gasteiger partial charge in [0.25, 0.3) is 5.92 Å². The van der Waals surface area contributed by atoms with Crippen molar-refractivity contribution >= 4 is 11.7 Å². The Bertz CT molecular complexity index is 1130. The van der Waals surface area contributed by atoms with E-state index in [2.05, 4.69) is 10.3 Å². The Morgan fingerprint density at radius 1 is 1.18 bits per heavy atom.